The van der Waals surface area contributed by atoms with Gasteiger partial charge in [0, 0.05) is 37.8 Å². The zero-order chi connectivity index (χ0) is 17.5. The third-order valence-corrected chi connectivity index (χ3v) is 4.48. The van der Waals surface area contributed by atoms with Crippen molar-refractivity contribution in [3.63, 3.8) is 0 Å². The van der Waals surface area contributed by atoms with Crippen molar-refractivity contribution >= 4 is 5.91 Å². The van der Waals surface area contributed by atoms with Crippen LogP contribution in [0.4, 0.5) is 0 Å². The van der Waals surface area contributed by atoms with Crippen LogP contribution in [0.2, 0.25) is 0 Å². The van der Waals surface area contributed by atoms with Gasteiger partial charge < -0.3 is 14.2 Å². The fourth-order valence-corrected chi connectivity index (χ4v) is 3.21. The minimum atomic E-state index is 0.175. The van der Waals surface area contributed by atoms with Gasteiger partial charge in [0.05, 0.1) is 19.8 Å². The van der Waals surface area contributed by atoms with E-state index in [0.29, 0.717) is 32.7 Å². The summed E-state index contributed by atoms with van der Waals surface area (Å²) in [4.78, 5) is 19.1. The van der Waals surface area contributed by atoms with Crippen LogP contribution in [0, 0.1) is 5.92 Å². The topological polar surface area (TPSA) is 47.4 Å². The third-order valence-electron chi connectivity index (χ3n) is 4.48. The summed E-state index contributed by atoms with van der Waals surface area (Å²) >= 11 is 0. The Balaban J connectivity index is 1.64. The van der Waals surface area contributed by atoms with Gasteiger partial charge in [-0.15, -0.1) is 6.58 Å². The number of nitrogens with zero attached hydrogens (tertiary/aromatic N) is 3. The van der Waals surface area contributed by atoms with Crippen LogP contribution in [-0.4, -0.2) is 40.1 Å². The van der Waals surface area contributed by atoms with Gasteiger partial charge in [0.1, 0.15) is 5.82 Å². The second-order valence-electron chi connectivity index (χ2n) is 6.45. The Kier molecular flexibility index (Phi) is 6.01. The van der Waals surface area contributed by atoms with Gasteiger partial charge in [0.25, 0.3) is 0 Å². The van der Waals surface area contributed by atoms with Crippen molar-refractivity contribution in [2.24, 2.45) is 5.92 Å². The largest absolute Gasteiger partial charge is 0.377 e. The summed E-state index contributed by atoms with van der Waals surface area (Å²) in [5.41, 5.74) is 1.19. The molecule has 3 rings (SSSR count). The number of imidazole rings is 1. The minimum Gasteiger partial charge on any atom is -0.377 e. The van der Waals surface area contributed by atoms with Crippen molar-refractivity contribution < 1.29 is 9.53 Å². The lowest BCUT2D eigenvalue weighted by atomic mass is 10.1. The molecule has 1 aliphatic rings. The number of ether oxygens (including phenoxy) is 1. The monoisotopic (exact) mass is 339 g/mol. The standard InChI is InChI=1S/C20H25N3O2/c1-2-12-25-16-18-13-22-11-10-21-19(22)15-23(14-18)20(24)9-8-17-6-4-3-5-7-17/h2-7,10-11,18H,1,8-9,12-16H2/t18-/m1/s1. The summed E-state index contributed by atoms with van der Waals surface area (Å²) in [5.74, 6) is 1.38. The van der Waals surface area contributed by atoms with E-state index in [4.69, 9.17) is 4.74 Å². The highest BCUT2D eigenvalue weighted by Crippen LogP contribution is 2.17. The van der Waals surface area contributed by atoms with E-state index in [1.165, 1.54) is 5.56 Å². The number of fused-ring (bicyclic) bond motifs is 1. The zero-order valence-corrected chi connectivity index (χ0v) is 14.5. The summed E-state index contributed by atoms with van der Waals surface area (Å²) in [7, 11) is 0. The number of amides is 1. The van der Waals surface area contributed by atoms with E-state index in [1.807, 2.05) is 29.3 Å². The number of hydrogen-bond donors (Lipinski definition) is 0. The molecule has 0 aliphatic carbocycles. The van der Waals surface area contributed by atoms with Crippen molar-refractivity contribution in [3.8, 4) is 0 Å². The van der Waals surface area contributed by atoms with E-state index in [9.17, 15) is 4.79 Å². The van der Waals surface area contributed by atoms with Gasteiger partial charge in [0.15, 0.2) is 0 Å². The molecule has 5 heteroatoms. The molecule has 1 aromatic carbocycles. The first kappa shape index (κ1) is 17.4. The summed E-state index contributed by atoms with van der Waals surface area (Å²) in [6.45, 7) is 6.93. The SMILES string of the molecule is C=CCOC[C@H]1CN(C(=O)CCc2ccccc2)Cc2nccn2C1. The van der Waals surface area contributed by atoms with E-state index in [-0.39, 0.29) is 11.8 Å². The van der Waals surface area contributed by atoms with Crippen LogP contribution in [0.3, 0.4) is 0 Å². The highest BCUT2D eigenvalue weighted by Gasteiger charge is 2.25. The first-order valence-corrected chi connectivity index (χ1v) is 8.76. The van der Waals surface area contributed by atoms with E-state index >= 15 is 0 Å². The Morgan fingerprint density at radius 3 is 2.96 bits per heavy atom. The van der Waals surface area contributed by atoms with Crippen LogP contribution in [0.25, 0.3) is 0 Å². The van der Waals surface area contributed by atoms with Crippen molar-refractivity contribution in [2.75, 3.05) is 19.8 Å². The van der Waals surface area contributed by atoms with Crippen LogP contribution in [0.1, 0.15) is 17.8 Å². The maximum atomic E-state index is 12.8. The molecule has 1 aliphatic heterocycles. The molecule has 1 amide bonds. The average molecular weight is 339 g/mol. The molecule has 0 bridgehead atoms. The molecule has 0 radical (unpaired) electrons. The Labute approximate surface area is 148 Å². The van der Waals surface area contributed by atoms with Crippen LogP contribution in [0.5, 0.6) is 0 Å². The second-order valence-corrected chi connectivity index (χ2v) is 6.45. The highest BCUT2D eigenvalue weighted by atomic mass is 16.5. The van der Waals surface area contributed by atoms with Crippen molar-refractivity contribution in [3.05, 3.63) is 66.8 Å². The van der Waals surface area contributed by atoms with Crippen LogP contribution >= 0.6 is 0 Å². The zero-order valence-electron chi connectivity index (χ0n) is 14.5. The molecule has 0 N–H and O–H groups in total. The predicted molar refractivity (Wildman–Crippen MR) is 96.9 cm³/mol. The molecule has 1 aromatic heterocycles. The minimum absolute atomic E-state index is 0.175. The van der Waals surface area contributed by atoms with E-state index < -0.39 is 0 Å². The number of carbonyl (C=O) groups is 1. The fourth-order valence-electron chi connectivity index (χ4n) is 3.21. The average Bonchev–Trinajstić information content (AvgIpc) is 2.99. The second kappa shape index (κ2) is 8.62. The number of rotatable bonds is 7. The number of aryl methyl sites for hydroxylation is 1. The third kappa shape index (κ3) is 4.79. The Bertz CT molecular complexity index is 696. The lowest BCUT2D eigenvalue weighted by molar-refractivity contribution is -0.132. The van der Waals surface area contributed by atoms with Gasteiger partial charge in [-0.3, -0.25) is 4.79 Å². The molecule has 5 nitrogen and oxygen atoms in total. The van der Waals surface area contributed by atoms with E-state index in [1.54, 1.807) is 12.3 Å². The van der Waals surface area contributed by atoms with Gasteiger partial charge in [-0.2, -0.15) is 0 Å². The summed E-state index contributed by atoms with van der Waals surface area (Å²) < 4.78 is 7.77. The van der Waals surface area contributed by atoms with Gasteiger partial charge >= 0.3 is 0 Å². The molecular weight excluding hydrogens is 314 g/mol. The fraction of sp³-hybridized carbons (Fsp3) is 0.400. The molecule has 0 saturated heterocycles. The summed E-state index contributed by atoms with van der Waals surface area (Å²) in [6.07, 6.45) is 6.82. The van der Waals surface area contributed by atoms with E-state index in [0.717, 1.165) is 18.8 Å². The molecule has 1 atom stereocenters. The maximum absolute atomic E-state index is 12.8. The molecule has 0 fully saturated rings. The Morgan fingerprint density at radius 1 is 1.32 bits per heavy atom. The van der Waals surface area contributed by atoms with Gasteiger partial charge in [-0.1, -0.05) is 36.4 Å². The lowest BCUT2D eigenvalue weighted by Crippen LogP contribution is -2.35. The Hall–Kier alpha value is -2.40. The molecule has 0 spiro atoms. The van der Waals surface area contributed by atoms with E-state index in [2.05, 4.69) is 28.3 Å². The molecule has 0 saturated carbocycles. The molecule has 25 heavy (non-hydrogen) atoms. The first-order valence-electron chi connectivity index (χ1n) is 8.76. The van der Waals surface area contributed by atoms with Crippen LogP contribution in [-0.2, 0) is 29.0 Å². The molecule has 2 heterocycles. The number of aromatic nitrogens is 2. The number of hydrogen-bond acceptors (Lipinski definition) is 3. The van der Waals surface area contributed by atoms with Gasteiger partial charge in [0.2, 0.25) is 5.91 Å². The van der Waals surface area contributed by atoms with Crippen molar-refractivity contribution in [1.82, 2.24) is 14.5 Å². The molecule has 0 unspecified atom stereocenters. The smallest absolute Gasteiger partial charge is 0.223 e. The molecule has 132 valence electrons. The van der Waals surface area contributed by atoms with Crippen molar-refractivity contribution in [2.45, 2.75) is 25.9 Å². The molecular formula is C20H25N3O2. The lowest BCUT2D eigenvalue weighted by Gasteiger charge is -2.24. The van der Waals surface area contributed by atoms with Crippen molar-refractivity contribution in [1.29, 1.82) is 0 Å². The first-order chi connectivity index (χ1) is 12.3. The van der Waals surface area contributed by atoms with Crippen LogP contribution < -0.4 is 0 Å². The Morgan fingerprint density at radius 2 is 2.16 bits per heavy atom. The highest BCUT2D eigenvalue weighted by molar-refractivity contribution is 5.76. The van der Waals surface area contributed by atoms with Crippen LogP contribution in [0.15, 0.2) is 55.4 Å². The molecule has 2 aromatic rings. The quantitative estimate of drug-likeness (QED) is 0.575. The number of benzene rings is 1. The van der Waals surface area contributed by atoms with Gasteiger partial charge in [-0.05, 0) is 12.0 Å². The van der Waals surface area contributed by atoms with Gasteiger partial charge in [-0.25, -0.2) is 4.98 Å². The normalized spacial score (nSPS) is 17.0. The number of carbonyl (C=O) groups excluding carboxylic acids is 1. The maximum Gasteiger partial charge on any atom is 0.223 e. The summed E-state index contributed by atoms with van der Waals surface area (Å²) in [6, 6.07) is 10.1. The summed E-state index contributed by atoms with van der Waals surface area (Å²) in [5, 5.41) is 0. The predicted octanol–water partition coefficient (Wildman–Crippen LogP) is 2.68.